The fraction of sp³-hybridized carbons (Fsp3) is 0.227. The fourth-order valence-electron chi connectivity index (χ4n) is 3.19. The first-order valence-electron chi connectivity index (χ1n) is 9.75. The number of furan rings is 1. The topological polar surface area (TPSA) is 101 Å². The van der Waals surface area contributed by atoms with Gasteiger partial charge in [0.2, 0.25) is 11.8 Å². The van der Waals surface area contributed by atoms with E-state index in [0.717, 1.165) is 5.56 Å². The molecule has 3 heterocycles. The second-order valence-electron chi connectivity index (χ2n) is 7.23. The van der Waals surface area contributed by atoms with Crippen LogP contribution in [0.4, 0.5) is 5.82 Å². The van der Waals surface area contributed by atoms with Gasteiger partial charge in [0.15, 0.2) is 12.0 Å². The Kier molecular flexibility index (Phi) is 5.49. The number of carbonyl (C=O) groups excluding carboxylic acids is 2. The lowest BCUT2D eigenvalue weighted by Gasteiger charge is -2.34. The molecule has 1 fully saturated rings. The highest BCUT2D eigenvalue weighted by Gasteiger charge is 2.32. The zero-order valence-electron chi connectivity index (χ0n) is 16.7. The fourth-order valence-corrected chi connectivity index (χ4v) is 3.19. The Balaban J connectivity index is 1.60. The molecule has 3 aromatic rings. The summed E-state index contributed by atoms with van der Waals surface area (Å²) in [4.78, 5) is 24.8. The van der Waals surface area contributed by atoms with Gasteiger partial charge in [-0.15, -0.1) is 0 Å². The van der Waals surface area contributed by atoms with Crippen LogP contribution in [0.1, 0.15) is 25.7 Å². The minimum atomic E-state index is -0.596. The smallest absolute Gasteiger partial charge is 0.249 e. The lowest BCUT2D eigenvalue weighted by atomic mass is 10.0. The van der Waals surface area contributed by atoms with Gasteiger partial charge < -0.3 is 15.1 Å². The van der Waals surface area contributed by atoms with E-state index in [4.69, 9.17) is 4.42 Å². The number of nitrogens with one attached hydrogen (secondary N) is 3. The summed E-state index contributed by atoms with van der Waals surface area (Å²) in [6.07, 6.45) is 4.14. The summed E-state index contributed by atoms with van der Waals surface area (Å²) >= 11 is 0. The zero-order chi connectivity index (χ0) is 21.1. The van der Waals surface area contributed by atoms with E-state index in [0.29, 0.717) is 17.3 Å². The molecule has 8 nitrogen and oxygen atoms in total. The van der Waals surface area contributed by atoms with E-state index >= 15 is 0 Å². The average molecular weight is 405 g/mol. The zero-order valence-corrected chi connectivity index (χ0v) is 16.7. The molecular formula is C22H23N5O3. The number of hydrogen-bond acceptors (Lipinski definition) is 5. The van der Waals surface area contributed by atoms with Crippen LogP contribution < -0.4 is 16.0 Å². The Bertz CT molecular complexity index is 1060. The Hall–Kier alpha value is -3.65. The van der Waals surface area contributed by atoms with Crippen LogP contribution in [-0.2, 0) is 9.59 Å². The van der Waals surface area contributed by atoms with E-state index in [2.05, 4.69) is 21.0 Å². The predicted molar refractivity (Wildman–Crippen MR) is 113 cm³/mol. The Morgan fingerprint density at radius 3 is 2.70 bits per heavy atom. The molecule has 1 saturated heterocycles. The molecular weight excluding hydrogens is 382 g/mol. The number of benzene rings is 1. The number of hydrogen-bond donors (Lipinski definition) is 3. The molecule has 0 radical (unpaired) electrons. The third kappa shape index (κ3) is 4.18. The van der Waals surface area contributed by atoms with Gasteiger partial charge in [-0.2, -0.15) is 5.10 Å². The van der Waals surface area contributed by atoms with E-state index in [1.807, 2.05) is 44.2 Å². The maximum atomic E-state index is 12.5. The molecule has 3 N–H and O–H groups in total. The summed E-state index contributed by atoms with van der Waals surface area (Å²) in [6.45, 7) is 3.80. The second kappa shape index (κ2) is 8.38. The summed E-state index contributed by atoms with van der Waals surface area (Å²) in [5, 5.41) is 13.6. The summed E-state index contributed by atoms with van der Waals surface area (Å²) in [6, 6.07) is 14.7. The third-order valence-electron chi connectivity index (χ3n) is 5.10. The lowest BCUT2D eigenvalue weighted by Crippen LogP contribution is -2.57. The van der Waals surface area contributed by atoms with Crippen molar-refractivity contribution in [3.8, 4) is 11.5 Å². The highest BCUT2D eigenvalue weighted by Crippen LogP contribution is 2.25. The molecule has 1 aliphatic rings. The van der Waals surface area contributed by atoms with Crippen molar-refractivity contribution in [1.82, 2.24) is 20.4 Å². The van der Waals surface area contributed by atoms with Crippen molar-refractivity contribution in [2.45, 2.75) is 26.2 Å². The molecule has 0 bridgehead atoms. The number of carbonyl (C=O) groups is 2. The van der Waals surface area contributed by atoms with Gasteiger partial charge in [-0.1, -0.05) is 37.3 Å². The van der Waals surface area contributed by atoms with Crippen molar-refractivity contribution in [2.75, 3.05) is 5.32 Å². The van der Waals surface area contributed by atoms with Gasteiger partial charge in [0.25, 0.3) is 0 Å². The third-order valence-corrected chi connectivity index (χ3v) is 5.10. The van der Waals surface area contributed by atoms with Gasteiger partial charge in [-0.25, -0.2) is 4.68 Å². The van der Waals surface area contributed by atoms with Crippen molar-refractivity contribution < 1.29 is 14.0 Å². The first-order valence-corrected chi connectivity index (χ1v) is 9.75. The molecule has 3 atom stereocenters. The average Bonchev–Trinajstić information content (AvgIpc) is 3.41. The van der Waals surface area contributed by atoms with Crippen LogP contribution in [0.15, 0.2) is 65.3 Å². The maximum Gasteiger partial charge on any atom is 0.249 e. The molecule has 0 saturated carbocycles. The summed E-state index contributed by atoms with van der Waals surface area (Å²) < 4.78 is 6.98. The molecule has 4 rings (SSSR count). The molecule has 0 spiro atoms. The number of nitrogens with zero attached hydrogens (tertiary/aromatic N) is 2. The van der Waals surface area contributed by atoms with Crippen molar-refractivity contribution in [2.24, 2.45) is 5.92 Å². The molecule has 3 unspecified atom stereocenters. The molecule has 2 amide bonds. The highest BCUT2D eigenvalue weighted by molar-refractivity contribution is 6.01. The van der Waals surface area contributed by atoms with Gasteiger partial charge >= 0.3 is 0 Å². The van der Waals surface area contributed by atoms with Crippen molar-refractivity contribution in [3.63, 3.8) is 0 Å². The normalized spacial score (nSPS) is 21.5. The molecule has 30 heavy (non-hydrogen) atoms. The minimum Gasteiger partial charge on any atom is -0.463 e. The van der Waals surface area contributed by atoms with Crippen LogP contribution in [0.3, 0.4) is 0 Å². The molecule has 0 aliphatic carbocycles. The first-order chi connectivity index (χ1) is 14.5. The van der Waals surface area contributed by atoms with Crippen LogP contribution in [-0.4, -0.2) is 27.6 Å². The van der Waals surface area contributed by atoms with E-state index in [-0.39, 0.29) is 23.8 Å². The van der Waals surface area contributed by atoms with Crippen LogP contribution >= 0.6 is 0 Å². The van der Waals surface area contributed by atoms with E-state index in [9.17, 15) is 9.59 Å². The number of amides is 2. The molecule has 1 aliphatic heterocycles. The monoisotopic (exact) mass is 405 g/mol. The standard InChI is InChI=1S/C22H23N5O3/c1-14-15(2)23-22(25-21(14)29)27-19(13-17(26-27)18-9-6-12-30-18)24-20(28)11-10-16-7-4-3-5-8-16/h3-15,22-23H,1-2H3,(H,24,28)(H,25,29)/b11-10+. The maximum absolute atomic E-state index is 12.5. The predicted octanol–water partition coefficient (Wildman–Crippen LogP) is 3.00. The Morgan fingerprint density at radius 1 is 1.20 bits per heavy atom. The summed E-state index contributed by atoms with van der Waals surface area (Å²) in [5.74, 6) is 0.432. The SMILES string of the molecule is CC1NC(n2nc(-c3ccco3)cc2NC(=O)/C=C/c2ccccc2)NC(=O)C1C. The Morgan fingerprint density at radius 2 is 2.00 bits per heavy atom. The minimum absolute atomic E-state index is 0.0541. The van der Waals surface area contributed by atoms with Crippen molar-refractivity contribution >= 4 is 23.7 Å². The number of rotatable bonds is 5. The van der Waals surface area contributed by atoms with E-state index in [1.54, 1.807) is 35.2 Å². The lowest BCUT2D eigenvalue weighted by molar-refractivity contribution is -0.130. The molecule has 154 valence electrons. The number of aromatic nitrogens is 2. The summed E-state index contributed by atoms with van der Waals surface area (Å²) in [7, 11) is 0. The van der Waals surface area contributed by atoms with Crippen LogP contribution in [0.25, 0.3) is 17.5 Å². The van der Waals surface area contributed by atoms with E-state index < -0.39 is 6.29 Å². The molecule has 1 aromatic carbocycles. The Labute approximate surface area is 174 Å². The van der Waals surface area contributed by atoms with Crippen LogP contribution in [0.5, 0.6) is 0 Å². The largest absolute Gasteiger partial charge is 0.463 e. The number of anilines is 1. The van der Waals surface area contributed by atoms with Crippen molar-refractivity contribution in [3.05, 3.63) is 66.4 Å². The first kappa shape index (κ1) is 19.7. The van der Waals surface area contributed by atoms with Gasteiger partial charge in [0.1, 0.15) is 11.5 Å². The van der Waals surface area contributed by atoms with Gasteiger partial charge in [-0.05, 0) is 30.7 Å². The second-order valence-corrected chi connectivity index (χ2v) is 7.23. The molecule has 8 heteroatoms. The van der Waals surface area contributed by atoms with Gasteiger partial charge in [0.05, 0.1) is 12.2 Å². The molecule has 2 aromatic heterocycles. The highest BCUT2D eigenvalue weighted by atomic mass is 16.3. The van der Waals surface area contributed by atoms with E-state index in [1.165, 1.54) is 6.08 Å². The van der Waals surface area contributed by atoms with Gasteiger partial charge in [0, 0.05) is 18.2 Å². The van der Waals surface area contributed by atoms with Gasteiger partial charge in [-0.3, -0.25) is 14.9 Å². The van der Waals surface area contributed by atoms with Crippen LogP contribution in [0.2, 0.25) is 0 Å². The van der Waals surface area contributed by atoms with Crippen LogP contribution in [0, 0.1) is 5.92 Å². The summed E-state index contributed by atoms with van der Waals surface area (Å²) in [5.41, 5.74) is 1.46. The quantitative estimate of drug-likeness (QED) is 0.567. The van der Waals surface area contributed by atoms with Crippen molar-refractivity contribution in [1.29, 1.82) is 0 Å².